The monoisotopic (exact) mass is 302 g/mol. The second kappa shape index (κ2) is 6.48. The van der Waals surface area contributed by atoms with Gasteiger partial charge in [-0.15, -0.1) is 6.58 Å². The molecule has 1 atom stereocenters. The summed E-state index contributed by atoms with van der Waals surface area (Å²) in [6, 6.07) is 3.52. The summed E-state index contributed by atoms with van der Waals surface area (Å²) in [5.74, 6) is 0.208. The molecule has 1 aromatic rings. The molecule has 3 rings (SSSR count). The molecule has 0 radical (unpaired) electrons. The first-order valence-electron chi connectivity index (χ1n) is 7.89. The number of amides is 1. The van der Waals surface area contributed by atoms with Crippen LogP contribution >= 0.6 is 0 Å². The Morgan fingerprint density at radius 2 is 2.18 bits per heavy atom. The quantitative estimate of drug-likeness (QED) is 0.783. The van der Waals surface area contributed by atoms with Gasteiger partial charge in [0.15, 0.2) is 0 Å². The number of hydrogen-bond donors (Lipinski definition) is 0. The van der Waals surface area contributed by atoms with E-state index < -0.39 is 0 Å². The minimum absolute atomic E-state index is 0.00243. The summed E-state index contributed by atoms with van der Waals surface area (Å²) in [6.45, 7) is 6.86. The SMILES string of the molecule is C=CCn1c2c(ccc1=O)CCN(C(=O)[C@@H]1CCOC1)CC2. The van der Waals surface area contributed by atoms with Crippen molar-refractivity contribution in [2.75, 3.05) is 26.3 Å². The van der Waals surface area contributed by atoms with Gasteiger partial charge in [0.2, 0.25) is 5.91 Å². The highest BCUT2D eigenvalue weighted by Gasteiger charge is 2.29. The lowest BCUT2D eigenvalue weighted by Gasteiger charge is -2.23. The lowest BCUT2D eigenvalue weighted by atomic mass is 10.1. The molecule has 22 heavy (non-hydrogen) atoms. The third kappa shape index (κ3) is 2.86. The van der Waals surface area contributed by atoms with Crippen LogP contribution in [0.4, 0.5) is 0 Å². The molecule has 1 aromatic heterocycles. The smallest absolute Gasteiger partial charge is 0.251 e. The fourth-order valence-electron chi connectivity index (χ4n) is 3.33. The highest BCUT2D eigenvalue weighted by atomic mass is 16.5. The zero-order valence-corrected chi connectivity index (χ0v) is 12.8. The second-order valence-corrected chi connectivity index (χ2v) is 5.93. The van der Waals surface area contributed by atoms with Gasteiger partial charge < -0.3 is 14.2 Å². The van der Waals surface area contributed by atoms with Crippen molar-refractivity contribution in [3.63, 3.8) is 0 Å². The standard InChI is InChI=1S/C17H22N2O3/c1-2-8-19-15-6-10-18(17(21)14-7-11-22-12-14)9-5-13(15)3-4-16(19)20/h2-4,14H,1,5-12H2/t14-/m1/s1. The van der Waals surface area contributed by atoms with Crippen molar-refractivity contribution in [2.24, 2.45) is 5.92 Å². The Morgan fingerprint density at radius 1 is 1.36 bits per heavy atom. The number of pyridine rings is 1. The highest BCUT2D eigenvalue weighted by molar-refractivity contribution is 5.79. The van der Waals surface area contributed by atoms with Gasteiger partial charge in [-0.25, -0.2) is 0 Å². The van der Waals surface area contributed by atoms with Crippen LogP contribution in [0.1, 0.15) is 17.7 Å². The van der Waals surface area contributed by atoms with E-state index in [2.05, 4.69) is 6.58 Å². The van der Waals surface area contributed by atoms with Crippen LogP contribution < -0.4 is 5.56 Å². The van der Waals surface area contributed by atoms with Gasteiger partial charge >= 0.3 is 0 Å². The molecule has 5 heteroatoms. The molecule has 2 aliphatic rings. The number of rotatable bonds is 3. The Balaban J connectivity index is 1.80. The average Bonchev–Trinajstić information content (AvgIpc) is 2.97. The molecule has 0 bridgehead atoms. The van der Waals surface area contributed by atoms with E-state index >= 15 is 0 Å². The summed E-state index contributed by atoms with van der Waals surface area (Å²) < 4.78 is 7.10. The van der Waals surface area contributed by atoms with E-state index in [1.807, 2.05) is 11.0 Å². The molecule has 5 nitrogen and oxygen atoms in total. The fraction of sp³-hybridized carbons (Fsp3) is 0.529. The molecule has 1 saturated heterocycles. The molecule has 0 unspecified atom stereocenters. The third-order valence-electron chi connectivity index (χ3n) is 4.56. The number of nitrogens with zero attached hydrogens (tertiary/aromatic N) is 2. The predicted octanol–water partition coefficient (Wildman–Crippen LogP) is 0.998. The Kier molecular flexibility index (Phi) is 4.43. The van der Waals surface area contributed by atoms with Crippen LogP contribution in [-0.4, -0.2) is 41.7 Å². The molecule has 1 amide bonds. The number of allylic oxidation sites excluding steroid dienone is 1. The van der Waals surface area contributed by atoms with Crippen molar-refractivity contribution in [3.05, 3.63) is 46.4 Å². The van der Waals surface area contributed by atoms with Crippen molar-refractivity contribution in [3.8, 4) is 0 Å². The summed E-state index contributed by atoms with van der Waals surface area (Å²) in [5.41, 5.74) is 2.22. The number of aromatic nitrogens is 1. The van der Waals surface area contributed by atoms with E-state index in [4.69, 9.17) is 4.74 Å². The van der Waals surface area contributed by atoms with Crippen LogP contribution in [0, 0.1) is 5.92 Å². The van der Waals surface area contributed by atoms with Gasteiger partial charge in [-0.3, -0.25) is 9.59 Å². The molecular weight excluding hydrogens is 280 g/mol. The van der Waals surface area contributed by atoms with Gasteiger partial charge in [-0.2, -0.15) is 0 Å². The third-order valence-corrected chi connectivity index (χ3v) is 4.56. The van der Waals surface area contributed by atoms with Gasteiger partial charge in [-0.05, 0) is 18.4 Å². The van der Waals surface area contributed by atoms with Crippen LogP contribution in [0.3, 0.4) is 0 Å². The zero-order valence-electron chi connectivity index (χ0n) is 12.8. The van der Waals surface area contributed by atoms with Crippen LogP contribution in [-0.2, 0) is 28.9 Å². The molecular formula is C17H22N2O3. The van der Waals surface area contributed by atoms with Gasteiger partial charge in [0, 0.05) is 44.4 Å². The average molecular weight is 302 g/mol. The zero-order chi connectivity index (χ0) is 15.5. The highest BCUT2D eigenvalue weighted by Crippen LogP contribution is 2.19. The summed E-state index contributed by atoms with van der Waals surface area (Å²) in [7, 11) is 0. The molecule has 0 saturated carbocycles. The second-order valence-electron chi connectivity index (χ2n) is 5.93. The minimum atomic E-state index is 0.00243. The van der Waals surface area contributed by atoms with E-state index in [0.29, 0.717) is 32.8 Å². The summed E-state index contributed by atoms with van der Waals surface area (Å²) in [6.07, 6.45) is 4.08. The molecule has 0 spiro atoms. The van der Waals surface area contributed by atoms with Gasteiger partial charge in [0.05, 0.1) is 12.5 Å². The Labute approximate surface area is 130 Å². The molecule has 3 heterocycles. The summed E-state index contributed by atoms with van der Waals surface area (Å²) >= 11 is 0. The van der Waals surface area contributed by atoms with E-state index in [-0.39, 0.29) is 17.4 Å². The van der Waals surface area contributed by atoms with Crippen LogP contribution in [0.25, 0.3) is 0 Å². The first-order valence-corrected chi connectivity index (χ1v) is 7.89. The normalized spacial score (nSPS) is 21.3. The molecule has 1 fully saturated rings. The molecule has 2 aliphatic heterocycles. The lowest BCUT2D eigenvalue weighted by Crippen LogP contribution is -2.38. The van der Waals surface area contributed by atoms with Crippen molar-refractivity contribution < 1.29 is 9.53 Å². The first kappa shape index (κ1) is 15.0. The van der Waals surface area contributed by atoms with E-state index in [0.717, 1.165) is 25.0 Å². The molecule has 0 aliphatic carbocycles. The van der Waals surface area contributed by atoms with E-state index in [1.165, 1.54) is 5.56 Å². The maximum absolute atomic E-state index is 12.5. The summed E-state index contributed by atoms with van der Waals surface area (Å²) in [5, 5.41) is 0. The fourth-order valence-corrected chi connectivity index (χ4v) is 3.33. The Hall–Kier alpha value is -1.88. The summed E-state index contributed by atoms with van der Waals surface area (Å²) in [4.78, 5) is 26.5. The van der Waals surface area contributed by atoms with Crippen molar-refractivity contribution in [1.29, 1.82) is 0 Å². The number of carbonyl (C=O) groups excluding carboxylic acids is 1. The van der Waals surface area contributed by atoms with Gasteiger partial charge in [0.25, 0.3) is 5.56 Å². The van der Waals surface area contributed by atoms with Crippen LogP contribution in [0.2, 0.25) is 0 Å². The first-order chi connectivity index (χ1) is 10.7. The lowest BCUT2D eigenvalue weighted by molar-refractivity contribution is -0.135. The number of carbonyl (C=O) groups is 1. The molecule has 118 valence electrons. The van der Waals surface area contributed by atoms with Gasteiger partial charge in [-0.1, -0.05) is 12.1 Å². The minimum Gasteiger partial charge on any atom is -0.381 e. The Bertz CT molecular complexity index is 629. The predicted molar refractivity (Wildman–Crippen MR) is 83.8 cm³/mol. The van der Waals surface area contributed by atoms with Gasteiger partial charge in [0.1, 0.15) is 0 Å². The Morgan fingerprint density at radius 3 is 2.91 bits per heavy atom. The van der Waals surface area contributed by atoms with Crippen LogP contribution in [0.15, 0.2) is 29.6 Å². The van der Waals surface area contributed by atoms with Crippen molar-refractivity contribution in [2.45, 2.75) is 25.8 Å². The van der Waals surface area contributed by atoms with Crippen LogP contribution in [0.5, 0.6) is 0 Å². The topological polar surface area (TPSA) is 51.5 Å². The maximum atomic E-state index is 12.5. The van der Waals surface area contributed by atoms with E-state index in [9.17, 15) is 9.59 Å². The molecule has 0 N–H and O–H groups in total. The largest absolute Gasteiger partial charge is 0.381 e. The number of hydrogen-bond acceptors (Lipinski definition) is 3. The number of ether oxygens (including phenoxy) is 1. The van der Waals surface area contributed by atoms with E-state index in [1.54, 1.807) is 16.7 Å². The molecule has 0 aromatic carbocycles. The van der Waals surface area contributed by atoms with Crippen molar-refractivity contribution >= 4 is 5.91 Å². The number of fused-ring (bicyclic) bond motifs is 1. The van der Waals surface area contributed by atoms with Crippen molar-refractivity contribution in [1.82, 2.24) is 9.47 Å². The maximum Gasteiger partial charge on any atom is 0.251 e.